The van der Waals surface area contributed by atoms with E-state index in [1.807, 2.05) is 13.0 Å². The van der Waals surface area contributed by atoms with Crippen molar-refractivity contribution in [2.45, 2.75) is 45.7 Å². The summed E-state index contributed by atoms with van der Waals surface area (Å²) in [5.41, 5.74) is 2.11. The number of nitrogens with zero attached hydrogens (tertiary/aromatic N) is 4. The van der Waals surface area contributed by atoms with Crippen LogP contribution in [0.4, 0.5) is 0 Å². The fourth-order valence-corrected chi connectivity index (χ4v) is 3.46. The van der Waals surface area contributed by atoms with Gasteiger partial charge in [-0.25, -0.2) is 4.68 Å². The highest BCUT2D eigenvalue weighted by Crippen LogP contribution is 2.25. The van der Waals surface area contributed by atoms with Gasteiger partial charge < -0.3 is 15.0 Å². The van der Waals surface area contributed by atoms with Gasteiger partial charge in [-0.1, -0.05) is 18.6 Å². The van der Waals surface area contributed by atoms with Crippen molar-refractivity contribution in [1.29, 1.82) is 0 Å². The normalized spacial score (nSPS) is 18.9. The zero-order chi connectivity index (χ0) is 17.8. The first-order valence-corrected chi connectivity index (χ1v) is 9.10. The Bertz CT molecular complexity index is 742. The van der Waals surface area contributed by atoms with Crippen LogP contribution in [0.1, 0.15) is 43.5 Å². The summed E-state index contributed by atoms with van der Waals surface area (Å²) >= 11 is 0. The second-order valence-electron chi connectivity index (χ2n) is 6.51. The molecule has 1 saturated heterocycles. The topological polar surface area (TPSA) is 72.3 Å². The summed E-state index contributed by atoms with van der Waals surface area (Å²) < 4.78 is 7.26. The molecule has 0 bridgehead atoms. The number of aromatic nitrogens is 3. The van der Waals surface area contributed by atoms with Gasteiger partial charge in [0.1, 0.15) is 11.3 Å². The van der Waals surface area contributed by atoms with Crippen molar-refractivity contribution >= 4 is 16.9 Å². The van der Waals surface area contributed by atoms with Gasteiger partial charge in [0.25, 0.3) is 5.91 Å². The second-order valence-corrected chi connectivity index (χ2v) is 6.51. The van der Waals surface area contributed by atoms with Gasteiger partial charge in [0.2, 0.25) is 0 Å². The monoisotopic (exact) mass is 345 g/mol. The molecular formula is C18H27N5O2. The van der Waals surface area contributed by atoms with E-state index >= 15 is 0 Å². The number of carbonyl (C=O) groups is 1. The van der Waals surface area contributed by atoms with Crippen molar-refractivity contribution < 1.29 is 9.53 Å². The lowest BCUT2D eigenvalue weighted by Crippen LogP contribution is -2.42. The molecule has 7 nitrogen and oxygen atoms in total. The van der Waals surface area contributed by atoms with Crippen LogP contribution in [0, 0.1) is 0 Å². The second kappa shape index (κ2) is 7.82. The number of amides is 1. The Morgan fingerprint density at radius 3 is 2.88 bits per heavy atom. The summed E-state index contributed by atoms with van der Waals surface area (Å²) in [6.07, 6.45) is 3.34. The van der Waals surface area contributed by atoms with Crippen LogP contribution < -0.4 is 10.1 Å². The Kier molecular flexibility index (Phi) is 5.53. The molecule has 1 unspecified atom stereocenters. The number of methoxy groups -OCH3 is 1. The number of carbonyl (C=O) groups excluding carboxylic acids is 1. The fraction of sp³-hybridized carbons (Fsp3) is 0.611. The van der Waals surface area contributed by atoms with Crippen LogP contribution in [-0.4, -0.2) is 58.6 Å². The molecule has 0 saturated carbocycles. The molecule has 1 aliphatic rings. The van der Waals surface area contributed by atoms with Gasteiger partial charge >= 0.3 is 0 Å². The van der Waals surface area contributed by atoms with Gasteiger partial charge in [-0.3, -0.25) is 4.79 Å². The molecule has 7 heteroatoms. The Morgan fingerprint density at radius 1 is 1.32 bits per heavy atom. The lowest BCUT2D eigenvalue weighted by atomic mass is 10.1. The zero-order valence-corrected chi connectivity index (χ0v) is 15.3. The summed E-state index contributed by atoms with van der Waals surface area (Å²) in [5, 5.41) is 11.5. The number of rotatable bonds is 5. The van der Waals surface area contributed by atoms with Crippen LogP contribution >= 0.6 is 0 Å². The highest BCUT2D eigenvalue weighted by molar-refractivity contribution is 6.00. The number of aryl methyl sites for hydroxylation is 1. The number of nitrogens with one attached hydrogen (secondary N) is 1. The van der Waals surface area contributed by atoms with Crippen molar-refractivity contribution in [1.82, 2.24) is 25.2 Å². The molecule has 0 radical (unpaired) electrons. The van der Waals surface area contributed by atoms with Gasteiger partial charge in [-0.05, 0) is 38.9 Å². The van der Waals surface area contributed by atoms with E-state index in [1.54, 1.807) is 17.9 Å². The number of hydrogen-bond acceptors (Lipinski definition) is 5. The molecule has 3 rings (SSSR count). The summed E-state index contributed by atoms with van der Waals surface area (Å²) in [4.78, 5) is 15.2. The highest BCUT2D eigenvalue weighted by Gasteiger charge is 2.22. The van der Waals surface area contributed by atoms with E-state index in [4.69, 9.17) is 4.74 Å². The van der Waals surface area contributed by atoms with Crippen molar-refractivity contribution in [2.24, 2.45) is 0 Å². The molecule has 1 fully saturated rings. The Balaban J connectivity index is 1.83. The molecule has 1 aromatic heterocycles. The SMILES string of the molecule is CCN1CCCCC(NC(=O)c2cc3nnn(CC)c3cc2OC)C1. The molecule has 1 aliphatic heterocycles. The first-order chi connectivity index (χ1) is 12.2. The molecular weight excluding hydrogens is 318 g/mol. The average Bonchev–Trinajstić information content (AvgIpc) is 2.90. The van der Waals surface area contributed by atoms with E-state index in [1.165, 1.54) is 6.42 Å². The van der Waals surface area contributed by atoms with E-state index in [0.717, 1.165) is 44.5 Å². The number of ether oxygens (including phenoxy) is 1. The van der Waals surface area contributed by atoms with Crippen LogP contribution in [0.2, 0.25) is 0 Å². The Morgan fingerprint density at radius 2 is 2.16 bits per heavy atom. The van der Waals surface area contributed by atoms with Gasteiger partial charge in [-0.2, -0.15) is 0 Å². The first kappa shape index (κ1) is 17.7. The quantitative estimate of drug-likeness (QED) is 0.898. The maximum atomic E-state index is 12.9. The third-order valence-electron chi connectivity index (χ3n) is 4.92. The summed E-state index contributed by atoms with van der Waals surface area (Å²) in [6.45, 7) is 7.92. The average molecular weight is 345 g/mol. The van der Waals surface area contributed by atoms with E-state index in [9.17, 15) is 4.79 Å². The molecule has 1 amide bonds. The maximum absolute atomic E-state index is 12.9. The third kappa shape index (κ3) is 3.76. The number of likely N-dealkylation sites (tertiary alicyclic amines) is 1. The van der Waals surface area contributed by atoms with Crippen molar-refractivity contribution in [3.8, 4) is 5.75 Å². The Hall–Kier alpha value is -2.15. The molecule has 2 aromatic rings. The third-order valence-corrected chi connectivity index (χ3v) is 4.92. The Labute approximate surface area is 148 Å². The number of hydrogen-bond donors (Lipinski definition) is 1. The van der Waals surface area contributed by atoms with Gasteiger partial charge in [0, 0.05) is 25.2 Å². The molecule has 0 aliphatic carbocycles. The van der Waals surface area contributed by atoms with Crippen molar-refractivity contribution in [3.05, 3.63) is 17.7 Å². The van der Waals surface area contributed by atoms with E-state index in [2.05, 4.69) is 27.5 Å². The van der Waals surface area contributed by atoms with Crippen LogP contribution in [0.3, 0.4) is 0 Å². The van der Waals surface area contributed by atoms with E-state index in [-0.39, 0.29) is 11.9 Å². The molecule has 1 atom stereocenters. The lowest BCUT2D eigenvalue weighted by Gasteiger charge is -2.23. The minimum absolute atomic E-state index is 0.104. The largest absolute Gasteiger partial charge is 0.496 e. The van der Waals surface area contributed by atoms with Gasteiger partial charge in [0.15, 0.2) is 0 Å². The molecule has 136 valence electrons. The zero-order valence-electron chi connectivity index (χ0n) is 15.3. The lowest BCUT2D eigenvalue weighted by molar-refractivity contribution is 0.0924. The predicted molar refractivity (Wildman–Crippen MR) is 97.0 cm³/mol. The first-order valence-electron chi connectivity index (χ1n) is 9.10. The minimum atomic E-state index is -0.104. The van der Waals surface area contributed by atoms with Crippen LogP contribution in [0.25, 0.3) is 11.0 Å². The van der Waals surface area contributed by atoms with Crippen molar-refractivity contribution in [3.63, 3.8) is 0 Å². The maximum Gasteiger partial charge on any atom is 0.255 e. The number of benzene rings is 1. The summed E-state index contributed by atoms with van der Waals surface area (Å²) in [7, 11) is 1.59. The van der Waals surface area contributed by atoms with Crippen LogP contribution in [0.15, 0.2) is 12.1 Å². The van der Waals surface area contributed by atoms with Crippen LogP contribution in [-0.2, 0) is 6.54 Å². The fourth-order valence-electron chi connectivity index (χ4n) is 3.46. The molecule has 1 aromatic carbocycles. The van der Waals surface area contributed by atoms with E-state index in [0.29, 0.717) is 16.8 Å². The number of fused-ring (bicyclic) bond motifs is 1. The predicted octanol–water partition coefficient (Wildman–Crippen LogP) is 2.06. The highest BCUT2D eigenvalue weighted by atomic mass is 16.5. The summed E-state index contributed by atoms with van der Waals surface area (Å²) in [6, 6.07) is 3.79. The molecule has 1 N–H and O–H groups in total. The molecule has 2 heterocycles. The number of likely N-dealkylation sites (N-methyl/N-ethyl adjacent to an activating group) is 1. The van der Waals surface area contributed by atoms with Crippen molar-refractivity contribution in [2.75, 3.05) is 26.7 Å². The standard InChI is InChI=1S/C18H27N5O2/c1-4-22-9-7-6-8-13(12-22)19-18(24)14-10-15-16(11-17(14)25-3)23(5-2)21-20-15/h10-11,13H,4-9,12H2,1-3H3,(H,19,24). The van der Waals surface area contributed by atoms with E-state index < -0.39 is 0 Å². The molecule has 0 spiro atoms. The smallest absolute Gasteiger partial charge is 0.255 e. The van der Waals surface area contributed by atoms with Gasteiger partial charge in [0.05, 0.1) is 18.2 Å². The summed E-state index contributed by atoms with van der Waals surface area (Å²) in [5.74, 6) is 0.454. The minimum Gasteiger partial charge on any atom is -0.496 e. The van der Waals surface area contributed by atoms with Gasteiger partial charge in [-0.15, -0.1) is 5.10 Å². The molecule has 25 heavy (non-hydrogen) atoms. The van der Waals surface area contributed by atoms with Crippen LogP contribution in [0.5, 0.6) is 5.75 Å².